The van der Waals surface area contributed by atoms with E-state index in [1.165, 1.54) is 4.90 Å². The molecule has 2 aliphatic rings. The summed E-state index contributed by atoms with van der Waals surface area (Å²) in [6.45, 7) is 6.09. The number of nitrogens with one attached hydrogen (secondary N) is 1. The number of halogens is 1. The summed E-state index contributed by atoms with van der Waals surface area (Å²) in [5, 5.41) is 3.77. The number of likely N-dealkylation sites (N-methyl/N-ethyl adjacent to an activating group) is 1. The van der Waals surface area contributed by atoms with Crippen LogP contribution in [0.2, 0.25) is 5.02 Å². The number of nitrogens with zero attached hydrogens (tertiary/aromatic N) is 7. The highest BCUT2D eigenvalue weighted by Crippen LogP contribution is 2.40. The number of urea groups is 1. The second-order valence-corrected chi connectivity index (χ2v) is 10.9. The fourth-order valence-corrected chi connectivity index (χ4v) is 5.67. The summed E-state index contributed by atoms with van der Waals surface area (Å²) in [7, 11) is 5.35. The maximum absolute atomic E-state index is 14.1. The number of methoxy groups -OCH3 is 2. The zero-order valence-corrected chi connectivity index (χ0v) is 25.3. The summed E-state index contributed by atoms with van der Waals surface area (Å²) in [6.07, 6.45) is 3.28. The van der Waals surface area contributed by atoms with E-state index in [4.69, 9.17) is 26.1 Å². The zero-order chi connectivity index (χ0) is 30.1. The minimum atomic E-state index is -0.333. The fourth-order valence-electron chi connectivity index (χ4n) is 5.35. The highest BCUT2D eigenvalue weighted by atomic mass is 35.5. The molecule has 0 spiro atoms. The number of aromatic nitrogens is 3. The summed E-state index contributed by atoms with van der Waals surface area (Å²) in [5.41, 5.74) is 4.05. The Bertz CT molecular complexity index is 1620. The highest BCUT2D eigenvalue weighted by Gasteiger charge is 2.36. The first kappa shape index (κ1) is 28.5. The number of pyridine rings is 1. The van der Waals surface area contributed by atoms with Gasteiger partial charge in [-0.05, 0) is 49.9 Å². The van der Waals surface area contributed by atoms with Crippen molar-refractivity contribution in [2.24, 2.45) is 0 Å². The quantitative estimate of drug-likeness (QED) is 0.289. The molecule has 11 nitrogen and oxygen atoms in total. The Morgan fingerprint density at radius 1 is 0.953 bits per heavy atom. The summed E-state index contributed by atoms with van der Waals surface area (Å²) in [6, 6.07) is 14.7. The van der Waals surface area contributed by atoms with E-state index in [-0.39, 0.29) is 12.6 Å². The molecule has 1 fully saturated rings. The third-order valence-corrected chi connectivity index (χ3v) is 8.05. The molecule has 2 amide bonds. The van der Waals surface area contributed by atoms with Crippen LogP contribution in [0, 0.1) is 6.92 Å². The van der Waals surface area contributed by atoms with Crippen molar-refractivity contribution in [3.63, 3.8) is 0 Å². The minimum Gasteiger partial charge on any atom is -0.495 e. The molecule has 43 heavy (non-hydrogen) atoms. The Hall–Kier alpha value is -4.61. The molecule has 0 aliphatic carbocycles. The van der Waals surface area contributed by atoms with Crippen molar-refractivity contribution >= 4 is 52.3 Å². The monoisotopic (exact) mass is 600 g/mol. The van der Waals surface area contributed by atoms with Crippen molar-refractivity contribution in [2.45, 2.75) is 13.5 Å². The number of benzene rings is 2. The van der Waals surface area contributed by atoms with Crippen molar-refractivity contribution in [3.05, 3.63) is 77.1 Å². The molecule has 0 bridgehead atoms. The average molecular weight is 601 g/mol. The van der Waals surface area contributed by atoms with Crippen molar-refractivity contribution < 1.29 is 14.3 Å². The summed E-state index contributed by atoms with van der Waals surface area (Å²) in [5.74, 6) is 2.37. The molecule has 2 aromatic carbocycles. The smallest absolute Gasteiger partial charge is 0.336 e. The molecule has 222 valence electrons. The molecule has 0 radical (unpaired) electrons. The van der Waals surface area contributed by atoms with Gasteiger partial charge < -0.3 is 24.6 Å². The highest BCUT2D eigenvalue weighted by molar-refractivity contribution is 6.34. The third kappa shape index (κ3) is 5.61. The van der Waals surface area contributed by atoms with E-state index in [1.54, 1.807) is 49.7 Å². The molecule has 0 atom stereocenters. The minimum absolute atomic E-state index is 0.245. The van der Waals surface area contributed by atoms with Gasteiger partial charge in [0, 0.05) is 49.7 Å². The van der Waals surface area contributed by atoms with Crippen LogP contribution >= 0.6 is 11.6 Å². The lowest BCUT2D eigenvalue weighted by Crippen LogP contribution is -2.46. The molecule has 4 aromatic rings. The van der Waals surface area contributed by atoms with Gasteiger partial charge in [-0.25, -0.2) is 19.7 Å². The Balaban J connectivity index is 1.36. The molecule has 1 saturated heterocycles. The largest absolute Gasteiger partial charge is 0.495 e. The molecule has 6 rings (SSSR count). The Kier molecular flexibility index (Phi) is 7.92. The molecule has 12 heteroatoms. The predicted molar refractivity (Wildman–Crippen MR) is 169 cm³/mol. The number of hydrogen-bond donors (Lipinski definition) is 1. The average Bonchev–Trinajstić information content (AvgIpc) is 3.02. The van der Waals surface area contributed by atoms with Crippen molar-refractivity contribution in [1.29, 1.82) is 0 Å². The fraction of sp³-hybridized carbons (Fsp3) is 0.290. The van der Waals surface area contributed by atoms with Crippen LogP contribution < -0.4 is 29.5 Å². The molecule has 2 aromatic heterocycles. The number of amides is 2. The number of aryl methyl sites for hydroxylation is 1. The van der Waals surface area contributed by atoms with E-state index < -0.39 is 0 Å². The van der Waals surface area contributed by atoms with Crippen LogP contribution in [0.25, 0.3) is 0 Å². The molecular weight excluding hydrogens is 568 g/mol. The molecule has 2 aliphatic heterocycles. The first-order valence-electron chi connectivity index (χ1n) is 14.0. The van der Waals surface area contributed by atoms with E-state index in [0.29, 0.717) is 45.5 Å². The van der Waals surface area contributed by atoms with E-state index in [1.807, 2.05) is 31.2 Å². The predicted octanol–water partition coefficient (Wildman–Crippen LogP) is 5.62. The van der Waals surface area contributed by atoms with Crippen molar-refractivity contribution in [1.82, 2.24) is 19.9 Å². The summed E-state index contributed by atoms with van der Waals surface area (Å²) < 4.78 is 11.0. The zero-order valence-electron chi connectivity index (χ0n) is 24.5. The number of fused-ring (bicyclic) bond motifs is 1. The van der Waals surface area contributed by atoms with Crippen LogP contribution in [0.4, 0.5) is 39.4 Å². The SMILES string of the molecule is COc1ccc(N2C(=O)N(c3c(C)cccc3Cl)Cc3cnc(Nc4ccc(N5CCN(C)CC5)cc4OC)nc32)nc1. The number of ether oxygens (including phenoxy) is 2. The number of anilines is 6. The molecule has 0 saturated carbocycles. The van der Waals surface area contributed by atoms with Crippen LogP contribution in [0.15, 0.2) is 60.9 Å². The number of rotatable bonds is 7. The van der Waals surface area contributed by atoms with Gasteiger partial charge in [0.15, 0.2) is 5.82 Å². The summed E-state index contributed by atoms with van der Waals surface area (Å²) in [4.78, 5) is 35.8. The van der Waals surface area contributed by atoms with Gasteiger partial charge >= 0.3 is 6.03 Å². The first-order chi connectivity index (χ1) is 20.9. The second-order valence-electron chi connectivity index (χ2n) is 10.5. The van der Waals surface area contributed by atoms with E-state index in [9.17, 15) is 4.79 Å². The second kappa shape index (κ2) is 11.9. The van der Waals surface area contributed by atoms with Crippen LogP contribution in [0.5, 0.6) is 11.5 Å². The van der Waals surface area contributed by atoms with Gasteiger partial charge in [0.25, 0.3) is 0 Å². The van der Waals surface area contributed by atoms with Crippen LogP contribution in [-0.2, 0) is 6.54 Å². The van der Waals surface area contributed by atoms with Crippen LogP contribution in [-0.4, -0.2) is 73.3 Å². The first-order valence-corrected chi connectivity index (χ1v) is 14.4. The number of carbonyl (C=O) groups is 1. The normalized spacial score (nSPS) is 15.4. The van der Waals surface area contributed by atoms with Gasteiger partial charge in [0.1, 0.15) is 17.3 Å². The number of hydrogen-bond acceptors (Lipinski definition) is 9. The van der Waals surface area contributed by atoms with Gasteiger partial charge in [-0.1, -0.05) is 23.7 Å². The van der Waals surface area contributed by atoms with Crippen molar-refractivity contribution in [2.75, 3.05) is 67.5 Å². The molecule has 1 N–H and O–H groups in total. The molecule has 0 unspecified atom stereocenters. The van der Waals surface area contributed by atoms with Gasteiger partial charge in [0.2, 0.25) is 5.95 Å². The topological polar surface area (TPSA) is 99.2 Å². The van der Waals surface area contributed by atoms with Gasteiger partial charge in [-0.15, -0.1) is 0 Å². The standard InChI is InChI=1S/C31H33ClN8O3/c1-20-6-5-7-24(32)28(20)39-19-21-17-34-30(36-29(21)40(31(39)41)27-11-9-23(42-3)18-33-27)35-25-10-8-22(16-26(25)43-4)38-14-12-37(2)13-15-38/h5-11,16-18H,12-15,19H2,1-4H3,(H,34,35,36). The van der Waals surface area contributed by atoms with Gasteiger partial charge in [0.05, 0.1) is 43.4 Å². The van der Waals surface area contributed by atoms with E-state index >= 15 is 0 Å². The summed E-state index contributed by atoms with van der Waals surface area (Å²) >= 11 is 6.60. The van der Waals surface area contributed by atoms with Crippen LogP contribution in [0.3, 0.4) is 0 Å². The van der Waals surface area contributed by atoms with E-state index in [2.05, 4.69) is 38.2 Å². The maximum Gasteiger partial charge on any atom is 0.336 e. The maximum atomic E-state index is 14.1. The lowest BCUT2D eigenvalue weighted by atomic mass is 10.1. The molecular formula is C31H33ClN8O3. The number of carbonyl (C=O) groups excluding carboxylic acids is 1. The van der Waals surface area contributed by atoms with Crippen molar-refractivity contribution in [3.8, 4) is 11.5 Å². The Labute approximate surface area is 255 Å². The lowest BCUT2D eigenvalue weighted by molar-refractivity contribution is 0.252. The van der Waals surface area contributed by atoms with Gasteiger partial charge in [-0.2, -0.15) is 4.98 Å². The molecule has 4 heterocycles. The Morgan fingerprint density at radius 3 is 2.47 bits per heavy atom. The number of para-hydroxylation sites is 1. The van der Waals surface area contributed by atoms with Crippen LogP contribution in [0.1, 0.15) is 11.1 Å². The number of piperazine rings is 1. The van der Waals surface area contributed by atoms with E-state index in [0.717, 1.165) is 43.0 Å². The lowest BCUT2D eigenvalue weighted by Gasteiger charge is -2.36. The Morgan fingerprint density at radius 2 is 1.77 bits per heavy atom. The third-order valence-electron chi connectivity index (χ3n) is 7.75. The van der Waals surface area contributed by atoms with Gasteiger partial charge in [-0.3, -0.25) is 4.90 Å².